The van der Waals surface area contributed by atoms with Crippen molar-refractivity contribution >= 4 is 3.71 Å². The molecule has 3 aromatic rings. The first-order valence-corrected chi connectivity index (χ1v) is 15.1. The van der Waals surface area contributed by atoms with Crippen LogP contribution in [0.1, 0.15) is 40.6 Å². The number of benzene rings is 3. The fraction of sp³-hybridized carbons (Fsp3) is 0.207. The van der Waals surface area contributed by atoms with Crippen molar-refractivity contribution in [2.45, 2.75) is 30.3 Å². The molecule has 0 amide bonds. The molecule has 0 nitrogen and oxygen atoms in total. The third kappa shape index (κ3) is 4.59. The van der Waals surface area contributed by atoms with Gasteiger partial charge in [-0.1, -0.05) is 0 Å². The molecule has 5 rings (SSSR count). The van der Waals surface area contributed by atoms with E-state index in [1.165, 1.54) is 22.3 Å². The molecule has 3 heteroatoms. The molecule has 0 spiro atoms. The molecule has 0 aromatic heterocycles. The molecule has 3 aromatic carbocycles. The van der Waals surface area contributed by atoms with Crippen molar-refractivity contribution in [2.24, 2.45) is 5.92 Å². The summed E-state index contributed by atoms with van der Waals surface area (Å²) in [7, 11) is 0. The molecule has 0 aliphatic heterocycles. The number of hydrogen-bond acceptors (Lipinski definition) is 0. The Balaban J connectivity index is 0.00000144. The fourth-order valence-corrected chi connectivity index (χ4v) is 12.7. The molecular formula is C29H28F2Zr. The smallest absolute Gasteiger partial charge is 1.00 e. The van der Waals surface area contributed by atoms with Gasteiger partial charge in [0.05, 0.1) is 0 Å². The second-order valence-electron chi connectivity index (χ2n) is 8.69. The summed E-state index contributed by atoms with van der Waals surface area (Å²) in [5.74, 6) is 0.615. The molecule has 0 fully saturated rings. The number of fused-ring (bicyclic) bond motifs is 3. The van der Waals surface area contributed by atoms with Crippen LogP contribution in [-0.2, 0) is 27.7 Å². The van der Waals surface area contributed by atoms with Gasteiger partial charge >= 0.3 is 189 Å². The zero-order valence-electron chi connectivity index (χ0n) is 18.6. The summed E-state index contributed by atoms with van der Waals surface area (Å²) in [6, 6.07) is 29.3. The maximum atomic E-state index is 2.77. The van der Waals surface area contributed by atoms with Gasteiger partial charge in [-0.25, -0.2) is 0 Å². The van der Waals surface area contributed by atoms with E-state index in [4.69, 9.17) is 0 Å². The van der Waals surface area contributed by atoms with Gasteiger partial charge in [-0.3, -0.25) is 0 Å². The summed E-state index contributed by atoms with van der Waals surface area (Å²) >= 11 is -2.12. The minimum atomic E-state index is -2.12. The Morgan fingerprint density at radius 2 is 1.38 bits per heavy atom. The number of halogens is 2. The molecule has 2 aliphatic carbocycles. The quantitative estimate of drug-likeness (QED) is 0.491. The predicted octanol–water partition coefficient (Wildman–Crippen LogP) is 1.30. The van der Waals surface area contributed by atoms with Crippen molar-refractivity contribution in [3.05, 3.63) is 117 Å². The van der Waals surface area contributed by atoms with Crippen molar-refractivity contribution in [1.82, 2.24) is 0 Å². The number of rotatable bonds is 5. The summed E-state index contributed by atoms with van der Waals surface area (Å²) in [5, 5.41) is 0. The SMILES string of the molecule is CC(C)C1=CC[C](/[Zr+2](=[CH]\Cc2ccccc2)[CH]2c3ccccc3-c3ccccc32)=C1.[F-].[F-]. The zero-order chi connectivity index (χ0) is 20.5. The van der Waals surface area contributed by atoms with Crippen molar-refractivity contribution in [2.75, 3.05) is 0 Å². The molecule has 32 heavy (non-hydrogen) atoms. The van der Waals surface area contributed by atoms with Gasteiger partial charge in [-0.05, 0) is 0 Å². The Labute approximate surface area is 197 Å². The van der Waals surface area contributed by atoms with Crippen LogP contribution in [0.5, 0.6) is 0 Å². The van der Waals surface area contributed by atoms with Crippen LogP contribution in [0.2, 0.25) is 0 Å². The summed E-state index contributed by atoms with van der Waals surface area (Å²) < 4.78 is 5.12. The average molecular weight is 506 g/mol. The van der Waals surface area contributed by atoms with E-state index >= 15 is 0 Å². The van der Waals surface area contributed by atoms with Gasteiger partial charge in [0, 0.05) is 0 Å². The molecule has 0 atom stereocenters. The van der Waals surface area contributed by atoms with Crippen LogP contribution in [0.15, 0.2) is 99.9 Å². The predicted molar refractivity (Wildman–Crippen MR) is 126 cm³/mol. The Kier molecular flexibility index (Phi) is 8.07. The second-order valence-corrected chi connectivity index (χ2v) is 14.9. The molecule has 2 aliphatic rings. The van der Waals surface area contributed by atoms with Crippen LogP contribution >= 0.6 is 0 Å². The maximum absolute atomic E-state index is 2.77. The standard InChI is InChI=1S/C13H9.C8H11.C8H8.2FH.Zr/c1-3-7-12-10(5-1)9-11-6-2-4-8-13(11)12;1-7(2)8-5-3-4-6-8;1-2-8-6-4-3-5-7-8;;;/h1-9H;5-7H,3H2,1-2H3;1,3-7H,2H2;2*1H;/q;;;;;+2/p-2. The molecule has 0 saturated carbocycles. The van der Waals surface area contributed by atoms with E-state index in [0.717, 1.165) is 12.8 Å². The molecule has 0 radical (unpaired) electrons. The Hall–Kier alpha value is -2.25. The van der Waals surface area contributed by atoms with Gasteiger partial charge in [0.15, 0.2) is 0 Å². The number of allylic oxidation sites excluding steroid dienone is 4. The zero-order valence-corrected chi connectivity index (χ0v) is 21.0. The molecular weight excluding hydrogens is 478 g/mol. The van der Waals surface area contributed by atoms with E-state index in [9.17, 15) is 0 Å². The molecule has 0 bridgehead atoms. The van der Waals surface area contributed by atoms with Crippen molar-refractivity contribution in [3.8, 4) is 11.1 Å². The van der Waals surface area contributed by atoms with Crippen LogP contribution in [0.25, 0.3) is 11.1 Å². The van der Waals surface area contributed by atoms with Crippen LogP contribution in [-0.4, -0.2) is 3.71 Å². The van der Waals surface area contributed by atoms with Gasteiger partial charge in [-0.15, -0.1) is 0 Å². The summed E-state index contributed by atoms with van der Waals surface area (Å²) in [5.41, 5.74) is 9.02. The monoisotopic (exact) mass is 504 g/mol. The van der Waals surface area contributed by atoms with Gasteiger partial charge in [-0.2, -0.15) is 0 Å². The molecule has 0 saturated heterocycles. The molecule has 0 unspecified atom stereocenters. The summed E-state index contributed by atoms with van der Waals surface area (Å²) in [6.07, 6.45) is 7.31. The van der Waals surface area contributed by atoms with Gasteiger partial charge < -0.3 is 9.41 Å². The van der Waals surface area contributed by atoms with E-state index < -0.39 is 21.3 Å². The van der Waals surface area contributed by atoms with E-state index in [1.54, 1.807) is 14.4 Å². The van der Waals surface area contributed by atoms with Crippen LogP contribution < -0.4 is 9.41 Å². The summed E-state index contributed by atoms with van der Waals surface area (Å²) in [4.78, 5) is 0. The van der Waals surface area contributed by atoms with Crippen molar-refractivity contribution in [1.29, 1.82) is 0 Å². The molecule has 0 heterocycles. The van der Waals surface area contributed by atoms with E-state index in [-0.39, 0.29) is 9.41 Å². The topological polar surface area (TPSA) is 0 Å². The Morgan fingerprint density at radius 3 is 1.94 bits per heavy atom. The van der Waals surface area contributed by atoms with Crippen molar-refractivity contribution in [3.63, 3.8) is 0 Å². The molecule has 0 N–H and O–H groups in total. The van der Waals surface area contributed by atoms with Crippen LogP contribution in [0, 0.1) is 5.92 Å². The van der Waals surface area contributed by atoms with Gasteiger partial charge in [0.25, 0.3) is 0 Å². The largest absolute Gasteiger partial charge is 1.00 e. The minimum absolute atomic E-state index is 0. The minimum Gasteiger partial charge on any atom is -1.00 e. The van der Waals surface area contributed by atoms with Crippen molar-refractivity contribution < 1.29 is 30.7 Å². The third-order valence-corrected chi connectivity index (χ3v) is 13.8. The summed E-state index contributed by atoms with van der Waals surface area (Å²) in [6.45, 7) is 4.64. The Bertz CT molecular complexity index is 1130. The fourth-order valence-electron chi connectivity index (χ4n) is 4.92. The van der Waals surface area contributed by atoms with Gasteiger partial charge in [0.1, 0.15) is 0 Å². The van der Waals surface area contributed by atoms with Crippen LogP contribution in [0.3, 0.4) is 0 Å². The van der Waals surface area contributed by atoms with E-state index in [0.29, 0.717) is 9.54 Å². The van der Waals surface area contributed by atoms with E-state index in [1.807, 2.05) is 0 Å². The first-order valence-electron chi connectivity index (χ1n) is 11.1. The average Bonchev–Trinajstić information content (AvgIpc) is 3.39. The molecule has 162 valence electrons. The van der Waals surface area contributed by atoms with E-state index in [2.05, 4.69) is 109 Å². The first kappa shape index (κ1) is 24.4. The second kappa shape index (κ2) is 10.6. The normalized spacial score (nSPS) is 14.2. The maximum Gasteiger partial charge on any atom is -1.00 e. The number of hydrogen-bond donors (Lipinski definition) is 0. The Morgan fingerprint density at radius 1 is 0.812 bits per heavy atom. The van der Waals surface area contributed by atoms with Gasteiger partial charge in [0.2, 0.25) is 0 Å². The first-order chi connectivity index (χ1) is 14.7. The third-order valence-electron chi connectivity index (χ3n) is 6.48. The van der Waals surface area contributed by atoms with Crippen LogP contribution in [0.4, 0.5) is 0 Å².